The second kappa shape index (κ2) is 8.08. The Hall–Kier alpha value is -3.72. The molecule has 9 nitrogen and oxygen atoms in total. The van der Waals surface area contributed by atoms with Gasteiger partial charge in [-0.15, -0.1) is 0 Å². The minimum absolute atomic E-state index is 0.00125. The Morgan fingerprint density at radius 2 is 2.12 bits per heavy atom. The van der Waals surface area contributed by atoms with Crippen molar-refractivity contribution in [2.75, 3.05) is 27.4 Å². The number of hydrogen-bond acceptors (Lipinski definition) is 5. The highest BCUT2D eigenvalue weighted by molar-refractivity contribution is 5.94. The lowest BCUT2D eigenvalue weighted by atomic mass is 10.0. The van der Waals surface area contributed by atoms with Gasteiger partial charge >= 0.3 is 6.03 Å². The summed E-state index contributed by atoms with van der Waals surface area (Å²) in [6.07, 6.45) is 6.16. The second-order valence-electron chi connectivity index (χ2n) is 8.27. The second-order valence-corrected chi connectivity index (χ2v) is 8.27. The van der Waals surface area contributed by atoms with Crippen LogP contribution in [0.4, 0.5) is 4.79 Å². The molecule has 5 rings (SSSR count). The molecule has 1 aromatic carbocycles. The maximum absolute atomic E-state index is 12.4. The average molecular weight is 432 g/mol. The van der Waals surface area contributed by atoms with Crippen molar-refractivity contribution in [3.8, 4) is 0 Å². The van der Waals surface area contributed by atoms with E-state index in [1.54, 1.807) is 35.9 Å². The van der Waals surface area contributed by atoms with Crippen LogP contribution in [0.25, 0.3) is 11.2 Å². The van der Waals surface area contributed by atoms with E-state index in [1.165, 1.54) is 0 Å². The van der Waals surface area contributed by atoms with Crippen LogP contribution in [0.1, 0.15) is 45.4 Å². The number of nitrogens with one attached hydrogen (secondary N) is 2. The number of carbonyl (C=O) groups excluding carboxylic acids is 2. The minimum atomic E-state index is -0.319. The summed E-state index contributed by atoms with van der Waals surface area (Å²) in [5.74, 6) is 0.587. The van der Waals surface area contributed by atoms with Crippen molar-refractivity contribution in [1.82, 2.24) is 30.1 Å². The number of fused-ring (bicyclic) bond motifs is 1. The van der Waals surface area contributed by atoms with E-state index >= 15 is 0 Å². The number of rotatable bonds is 4. The Labute approximate surface area is 185 Å². The summed E-state index contributed by atoms with van der Waals surface area (Å²) in [4.78, 5) is 30.2. The van der Waals surface area contributed by atoms with Gasteiger partial charge in [0.1, 0.15) is 6.73 Å². The third-order valence-corrected chi connectivity index (χ3v) is 5.84. The number of urea groups is 1. The van der Waals surface area contributed by atoms with Crippen molar-refractivity contribution in [3.63, 3.8) is 0 Å². The lowest BCUT2D eigenvalue weighted by Gasteiger charge is -2.15. The van der Waals surface area contributed by atoms with Crippen LogP contribution in [0, 0.1) is 0 Å². The van der Waals surface area contributed by atoms with Crippen LogP contribution in [-0.2, 0) is 4.74 Å². The number of hydrogen-bond donors (Lipinski definition) is 2. The zero-order chi connectivity index (χ0) is 22.2. The quantitative estimate of drug-likeness (QED) is 0.659. The number of ether oxygens (including phenoxy) is 1. The Morgan fingerprint density at radius 3 is 2.97 bits per heavy atom. The number of carbonyl (C=O) groups is 2. The minimum Gasteiger partial charge on any atom is -0.356 e. The van der Waals surface area contributed by atoms with Gasteiger partial charge in [-0.25, -0.2) is 14.3 Å². The Morgan fingerprint density at radius 1 is 1.25 bits per heavy atom. The third-order valence-electron chi connectivity index (χ3n) is 5.84. The van der Waals surface area contributed by atoms with E-state index in [1.807, 2.05) is 30.5 Å². The molecule has 2 aromatic heterocycles. The van der Waals surface area contributed by atoms with E-state index in [9.17, 15) is 9.59 Å². The summed E-state index contributed by atoms with van der Waals surface area (Å²) in [7, 11) is 3.52. The van der Waals surface area contributed by atoms with E-state index in [-0.39, 0.29) is 24.6 Å². The van der Waals surface area contributed by atoms with Gasteiger partial charge in [0.05, 0.1) is 12.3 Å². The number of nitrogens with zero attached hydrogens (tertiary/aromatic N) is 4. The molecule has 0 unspecified atom stereocenters. The Kier molecular flexibility index (Phi) is 5.10. The van der Waals surface area contributed by atoms with Crippen molar-refractivity contribution >= 4 is 23.2 Å². The molecule has 164 valence electrons. The number of benzene rings is 1. The van der Waals surface area contributed by atoms with Crippen molar-refractivity contribution in [1.29, 1.82) is 0 Å². The van der Waals surface area contributed by atoms with Gasteiger partial charge in [-0.2, -0.15) is 5.10 Å². The SMILES string of the molecule is CN(C)C(=O)c1cccc([C@H]2C[C@@H]2c2cc(/C3=C/NC(=O)NCOC3)nn3ccnc23)c1. The van der Waals surface area contributed by atoms with Crippen molar-refractivity contribution in [3.05, 3.63) is 71.3 Å². The molecule has 0 bridgehead atoms. The number of imidazole rings is 1. The molecule has 3 amide bonds. The van der Waals surface area contributed by atoms with Gasteiger partial charge in [0.2, 0.25) is 0 Å². The van der Waals surface area contributed by atoms with E-state index in [0.717, 1.165) is 34.5 Å². The molecule has 1 saturated carbocycles. The summed E-state index contributed by atoms with van der Waals surface area (Å²) in [5.41, 5.74) is 5.28. The Bertz CT molecular complexity index is 1230. The molecule has 32 heavy (non-hydrogen) atoms. The predicted octanol–water partition coefficient (Wildman–Crippen LogP) is 2.33. The molecule has 2 aliphatic rings. The maximum atomic E-state index is 12.4. The van der Waals surface area contributed by atoms with Gasteiger partial charge in [-0.3, -0.25) is 4.79 Å². The van der Waals surface area contributed by atoms with E-state index < -0.39 is 0 Å². The molecule has 3 aromatic rings. The van der Waals surface area contributed by atoms with Gasteiger partial charge in [0.15, 0.2) is 5.65 Å². The van der Waals surface area contributed by atoms with Gasteiger partial charge < -0.3 is 20.3 Å². The zero-order valence-electron chi connectivity index (χ0n) is 17.9. The number of amides is 3. The lowest BCUT2D eigenvalue weighted by molar-refractivity contribution is 0.0827. The normalized spacial score (nSPS) is 22.2. The third kappa shape index (κ3) is 3.82. The van der Waals surface area contributed by atoms with Crippen molar-refractivity contribution in [2.24, 2.45) is 0 Å². The fourth-order valence-corrected chi connectivity index (χ4v) is 4.11. The largest absolute Gasteiger partial charge is 0.356 e. The van der Waals surface area contributed by atoms with Gasteiger partial charge in [-0.05, 0) is 42.0 Å². The Balaban J connectivity index is 1.47. The highest BCUT2D eigenvalue weighted by atomic mass is 16.5. The number of aromatic nitrogens is 3. The summed E-state index contributed by atoms with van der Waals surface area (Å²) >= 11 is 0. The molecule has 0 saturated heterocycles. The van der Waals surface area contributed by atoms with Crippen LogP contribution in [0.5, 0.6) is 0 Å². The fourth-order valence-electron chi connectivity index (χ4n) is 4.11. The van der Waals surface area contributed by atoms with Crippen molar-refractivity contribution < 1.29 is 14.3 Å². The zero-order valence-corrected chi connectivity index (χ0v) is 17.9. The van der Waals surface area contributed by atoms with Crippen LogP contribution in [0.3, 0.4) is 0 Å². The standard InChI is InChI=1S/C23H24N6O3/c1-28(2)22(30)15-5-3-4-14(8-15)17-9-18(17)19-10-20(27-29-7-6-24-21(19)29)16-11-25-23(31)26-13-32-12-16/h3-8,10-11,17-18H,9,12-13H2,1-2H3,(H2,25,26,31)/b16-11+/t17-,18+/m1/s1. The summed E-state index contributed by atoms with van der Waals surface area (Å²) in [5, 5.41) is 9.96. The average Bonchev–Trinajstić information content (AvgIpc) is 3.44. The van der Waals surface area contributed by atoms with E-state index in [2.05, 4.69) is 26.8 Å². The molecule has 0 radical (unpaired) electrons. The van der Waals surface area contributed by atoms with Gasteiger partial charge in [-0.1, -0.05) is 12.1 Å². The first-order valence-electron chi connectivity index (χ1n) is 10.5. The molecular formula is C23H24N6O3. The first kappa shape index (κ1) is 20.2. The monoisotopic (exact) mass is 432 g/mol. The van der Waals surface area contributed by atoms with E-state index in [0.29, 0.717) is 18.1 Å². The molecule has 0 spiro atoms. The predicted molar refractivity (Wildman–Crippen MR) is 118 cm³/mol. The molecule has 2 atom stereocenters. The van der Waals surface area contributed by atoms with E-state index in [4.69, 9.17) is 4.74 Å². The molecule has 2 N–H and O–H groups in total. The lowest BCUT2D eigenvalue weighted by Crippen LogP contribution is -2.36. The first-order valence-corrected chi connectivity index (χ1v) is 10.5. The van der Waals surface area contributed by atoms with Crippen molar-refractivity contribution in [2.45, 2.75) is 18.3 Å². The van der Waals surface area contributed by atoms with Gasteiger partial charge in [0.25, 0.3) is 5.91 Å². The summed E-state index contributed by atoms with van der Waals surface area (Å²) in [6, 6.07) is 9.59. The van der Waals surface area contributed by atoms with Crippen LogP contribution < -0.4 is 10.6 Å². The molecule has 1 aliphatic carbocycles. The highest BCUT2D eigenvalue weighted by Crippen LogP contribution is 2.55. The molecule has 1 aliphatic heterocycles. The molecule has 3 heterocycles. The van der Waals surface area contributed by atoms with Crippen LogP contribution in [0.2, 0.25) is 0 Å². The highest BCUT2D eigenvalue weighted by Gasteiger charge is 2.41. The van der Waals surface area contributed by atoms with Gasteiger partial charge in [0, 0.05) is 49.4 Å². The van der Waals surface area contributed by atoms with Crippen LogP contribution in [0.15, 0.2) is 48.9 Å². The summed E-state index contributed by atoms with van der Waals surface area (Å²) in [6.45, 7) is 0.457. The van der Waals surface area contributed by atoms with Crippen LogP contribution >= 0.6 is 0 Å². The fraction of sp³-hybridized carbons (Fsp3) is 0.304. The van der Waals surface area contributed by atoms with Crippen LogP contribution in [-0.4, -0.2) is 58.9 Å². The summed E-state index contributed by atoms with van der Waals surface area (Å²) < 4.78 is 7.30. The molecular weight excluding hydrogens is 408 g/mol. The first-order chi connectivity index (χ1) is 15.5. The molecule has 9 heteroatoms. The smallest absolute Gasteiger partial charge is 0.320 e. The maximum Gasteiger partial charge on any atom is 0.320 e. The molecule has 1 fully saturated rings. The topological polar surface area (TPSA) is 101 Å².